The number of ether oxygens (including phenoxy) is 3. The van der Waals surface area contributed by atoms with Crippen LogP contribution in [0.25, 0.3) is 0 Å². The highest BCUT2D eigenvalue weighted by atomic mass is 16.6. The molecule has 3 saturated heterocycles. The fourth-order valence-corrected chi connectivity index (χ4v) is 7.54. The quantitative estimate of drug-likeness (QED) is 0.238. The number of nitrogens with zero attached hydrogens (tertiary/aromatic N) is 1. The van der Waals surface area contributed by atoms with Gasteiger partial charge in [-0.15, -0.1) is 0 Å². The van der Waals surface area contributed by atoms with Crippen LogP contribution in [0.2, 0.25) is 0 Å². The van der Waals surface area contributed by atoms with Crippen LogP contribution in [0, 0.1) is 35.5 Å². The van der Waals surface area contributed by atoms with Gasteiger partial charge in [-0.1, -0.05) is 82.1 Å². The summed E-state index contributed by atoms with van der Waals surface area (Å²) in [7, 11) is 0. The number of epoxide rings is 1. The summed E-state index contributed by atoms with van der Waals surface area (Å²) < 4.78 is 17.4. The fourth-order valence-electron chi connectivity index (χ4n) is 7.54. The molecular formula is C38H78N2O4. The van der Waals surface area contributed by atoms with E-state index >= 15 is 0 Å². The number of likely N-dealkylation sites (tertiary alicyclic amines) is 1. The molecule has 0 aromatic rings. The fraction of sp³-hybridized carbons (Fsp3) is 1.00. The molecule has 2 aliphatic carbocycles. The highest BCUT2D eigenvalue weighted by Crippen LogP contribution is 2.36. The number of aliphatic hydroxyl groups excluding tert-OH is 1. The van der Waals surface area contributed by atoms with Crippen LogP contribution < -0.4 is 5.32 Å². The van der Waals surface area contributed by atoms with E-state index in [0.717, 1.165) is 56.5 Å². The first-order chi connectivity index (χ1) is 20.2. The molecule has 6 nitrogen and oxygen atoms in total. The Bertz CT molecular complexity index is 666. The second kappa shape index (κ2) is 23.1. The summed E-state index contributed by atoms with van der Waals surface area (Å²) in [6.07, 6.45) is 16.8. The van der Waals surface area contributed by atoms with Crippen LogP contribution >= 0.6 is 0 Å². The molecule has 3 heterocycles. The van der Waals surface area contributed by atoms with E-state index in [1.807, 2.05) is 0 Å². The summed E-state index contributed by atoms with van der Waals surface area (Å²) in [5.41, 5.74) is 0. The lowest BCUT2D eigenvalue weighted by atomic mass is 9.75. The Kier molecular flexibility index (Phi) is 22.0. The van der Waals surface area contributed by atoms with Crippen LogP contribution in [0.1, 0.15) is 133 Å². The predicted octanol–water partition coefficient (Wildman–Crippen LogP) is 8.21. The smallest absolute Gasteiger partial charge is 0.104 e. The molecule has 2 saturated carbocycles. The van der Waals surface area contributed by atoms with Crippen molar-refractivity contribution in [2.24, 2.45) is 35.5 Å². The second-order valence-electron chi connectivity index (χ2n) is 15.2. The van der Waals surface area contributed by atoms with Crippen molar-refractivity contribution in [2.45, 2.75) is 158 Å². The normalized spacial score (nSPS) is 33.1. The summed E-state index contributed by atoms with van der Waals surface area (Å²) in [6, 6.07) is 0. The molecule has 8 unspecified atom stereocenters. The summed E-state index contributed by atoms with van der Waals surface area (Å²) >= 11 is 0. The second-order valence-corrected chi connectivity index (χ2v) is 15.2. The average molecular weight is 627 g/mol. The van der Waals surface area contributed by atoms with E-state index in [9.17, 15) is 5.11 Å². The molecular weight excluding hydrogens is 548 g/mol. The van der Waals surface area contributed by atoms with Crippen molar-refractivity contribution in [3.05, 3.63) is 0 Å². The minimum atomic E-state index is -0.326. The molecule has 44 heavy (non-hydrogen) atoms. The van der Waals surface area contributed by atoms with Crippen LogP contribution in [0.15, 0.2) is 0 Å². The third-order valence-corrected chi connectivity index (χ3v) is 10.4. The number of hydrogen-bond acceptors (Lipinski definition) is 6. The Morgan fingerprint density at radius 3 is 1.68 bits per heavy atom. The lowest BCUT2D eigenvalue weighted by Gasteiger charge is -2.38. The molecule has 2 N–H and O–H groups in total. The Morgan fingerprint density at radius 2 is 1.25 bits per heavy atom. The lowest BCUT2D eigenvalue weighted by molar-refractivity contribution is -0.0744. The van der Waals surface area contributed by atoms with Gasteiger partial charge >= 0.3 is 0 Å². The van der Waals surface area contributed by atoms with E-state index in [1.165, 1.54) is 90.1 Å². The van der Waals surface area contributed by atoms with Gasteiger partial charge in [0.15, 0.2) is 0 Å². The van der Waals surface area contributed by atoms with Crippen molar-refractivity contribution < 1.29 is 19.3 Å². The highest BCUT2D eigenvalue weighted by molar-refractivity contribution is 4.83. The highest BCUT2D eigenvalue weighted by Gasteiger charge is 2.34. The Balaban J connectivity index is 0.000000367. The number of nitrogens with one attached hydrogen (secondary N) is 1. The molecule has 5 aliphatic rings. The first-order valence-electron chi connectivity index (χ1n) is 18.2. The zero-order valence-corrected chi connectivity index (χ0v) is 28.5. The van der Waals surface area contributed by atoms with Crippen LogP contribution in [-0.4, -0.2) is 87.0 Å². The maximum absolute atomic E-state index is 10.3. The lowest BCUT2D eigenvalue weighted by Crippen LogP contribution is -2.40. The van der Waals surface area contributed by atoms with Crippen molar-refractivity contribution in [1.82, 2.24) is 10.2 Å². The first-order valence-corrected chi connectivity index (χ1v) is 18.2. The monoisotopic (exact) mass is 627 g/mol. The predicted molar refractivity (Wildman–Crippen MR) is 188 cm³/mol. The van der Waals surface area contributed by atoms with Crippen LogP contribution in [-0.2, 0) is 14.2 Å². The van der Waals surface area contributed by atoms with Gasteiger partial charge in [-0.05, 0) is 113 Å². The molecule has 5 rings (SSSR count). The molecule has 6 heteroatoms. The number of hydrogen-bond donors (Lipinski definition) is 2. The average Bonchev–Trinajstić information content (AvgIpc) is 3.82. The van der Waals surface area contributed by atoms with E-state index in [1.54, 1.807) is 0 Å². The Labute approximate surface area is 275 Å². The third-order valence-electron chi connectivity index (χ3n) is 10.4. The van der Waals surface area contributed by atoms with Crippen molar-refractivity contribution >= 4 is 0 Å². The zero-order valence-electron chi connectivity index (χ0n) is 28.5. The van der Waals surface area contributed by atoms with Gasteiger partial charge < -0.3 is 29.5 Å². The first kappa shape index (κ1) is 41.8. The van der Waals surface area contributed by atoms with Crippen LogP contribution in [0.4, 0.5) is 0 Å². The van der Waals surface area contributed by atoms with E-state index < -0.39 is 0 Å². The summed E-state index contributed by atoms with van der Waals surface area (Å²) in [6.45, 7) is 21.8. The van der Waals surface area contributed by atoms with Gasteiger partial charge in [0.05, 0.1) is 38.1 Å². The molecule has 0 spiro atoms. The molecule has 0 aromatic carbocycles. The number of β-amino-alcohol motifs (C(OH)–C–C–N with tert-alkyl or cyclic N) is 1. The van der Waals surface area contributed by atoms with Crippen molar-refractivity contribution in [2.75, 3.05) is 52.5 Å². The number of rotatable bonds is 10. The van der Waals surface area contributed by atoms with Gasteiger partial charge in [0.1, 0.15) is 6.10 Å². The molecule has 3 aliphatic heterocycles. The molecule has 264 valence electrons. The summed E-state index contributed by atoms with van der Waals surface area (Å²) in [5, 5.41) is 13.5. The molecule has 0 bridgehead atoms. The maximum Gasteiger partial charge on any atom is 0.104 e. The molecule has 0 aromatic heterocycles. The van der Waals surface area contributed by atoms with E-state index in [-0.39, 0.29) is 21.0 Å². The third kappa shape index (κ3) is 16.5. The molecule has 0 radical (unpaired) electrons. The number of piperidine rings is 2. The SMILES string of the molecule is C.C.C1CCNCC1.CC1CCC(C(C)C)C(OCC(O)CN2CCCCC2)C1.CC1CCC(C(C)C)C(OCC2CO2)C1. The van der Waals surface area contributed by atoms with Gasteiger partial charge in [-0.2, -0.15) is 0 Å². The Morgan fingerprint density at radius 1 is 0.750 bits per heavy atom. The van der Waals surface area contributed by atoms with E-state index in [0.29, 0.717) is 36.8 Å². The standard InChI is InChI=1S/C18H35NO2.C13H24O2.C5H11N.2CH4/c1-14(2)17-8-7-15(3)11-18(17)21-13-16(20)12-19-9-5-4-6-10-19;1-9(2)12-5-4-10(3)6-13(12)15-8-11-7-14-11;1-2-4-6-5-3-1;;/h14-18,20H,4-13H2,1-3H3;9-13H,4-8H2,1-3H3;6H,1-5H2;2*1H4. The van der Waals surface area contributed by atoms with E-state index in [2.05, 4.69) is 51.8 Å². The maximum atomic E-state index is 10.3. The number of aliphatic hydroxyl groups is 1. The molecule has 5 fully saturated rings. The zero-order chi connectivity index (χ0) is 30.3. The van der Waals surface area contributed by atoms with Crippen LogP contribution in [0.5, 0.6) is 0 Å². The molecule has 8 atom stereocenters. The van der Waals surface area contributed by atoms with Crippen LogP contribution in [0.3, 0.4) is 0 Å². The van der Waals surface area contributed by atoms with Gasteiger partial charge in [-0.25, -0.2) is 0 Å². The van der Waals surface area contributed by atoms with Gasteiger partial charge in [-0.3, -0.25) is 0 Å². The largest absolute Gasteiger partial charge is 0.389 e. The van der Waals surface area contributed by atoms with Gasteiger partial charge in [0.25, 0.3) is 0 Å². The van der Waals surface area contributed by atoms with E-state index in [4.69, 9.17) is 14.2 Å². The van der Waals surface area contributed by atoms with Crippen molar-refractivity contribution in [3.8, 4) is 0 Å². The minimum absolute atomic E-state index is 0. The van der Waals surface area contributed by atoms with Gasteiger partial charge in [0, 0.05) is 6.54 Å². The van der Waals surface area contributed by atoms with Crippen molar-refractivity contribution in [3.63, 3.8) is 0 Å². The Hall–Kier alpha value is -0.240. The topological polar surface area (TPSA) is 66.5 Å². The summed E-state index contributed by atoms with van der Waals surface area (Å²) in [5.74, 6) is 4.47. The van der Waals surface area contributed by atoms with Gasteiger partial charge in [0.2, 0.25) is 0 Å². The minimum Gasteiger partial charge on any atom is -0.389 e. The molecule has 0 amide bonds. The summed E-state index contributed by atoms with van der Waals surface area (Å²) in [4.78, 5) is 2.39. The van der Waals surface area contributed by atoms with Crippen molar-refractivity contribution in [1.29, 1.82) is 0 Å².